The fourth-order valence-corrected chi connectivity index (χ4v) is 1.80. The second kappa shape index (κ2) is 3.37. The van der Waals surface area contributed by atoms with Crippen molar-refractivity contribution in [3.63, 3.8) is 0 Å². The quantitative estimate of drug-likeness (QED) is 0.750. The largest absolute Gasteiger partial charge is 0.383 e. The minimum absolute atomic E-state index is 0.177. The van der Waals surface area contributed by atoms with Gasteiger partial charge in [0, 0.05) is 9.86 Å². The van der Waals surface area contributed by atoms with Crippen LogP contribution in [0.5, 0.6) is 0 Å². The third kappa shape index (κ3) is 1.44. The number of anilines is 1. The summed E-state index contributed by atoms with van der Waals surface area (Å²) in [5, 5.41) is 1.01. The number of nitrogen functional groups attached to an aromatic ring is 1. The number of hydrogen-bond acceptors (Lipinski definition) is 3. The Labute approximate surface area is 94.4 Å². The molecule has 0 amide bonds. The summed E-state index contributed by atoms with van der Waals surface area (Å²) in [4.78, 5) is 8.03. The molecule has 1 aromatic carbocycles. The number of nitrogens with two attached hydrogens (primary N) is 1. The van der Waals surface area contributed by atoms with Crippen LogP contribution in [0.15, 0.2) is 16.6 Å². The molecule has 2 N–H and O–H groups in total. The summed E-state index contributed by atoms with van der Waals surface area (Å²) in [6.45, 7) is 1.95. The summed E-state index contributed by atoms with van der Waals surface area (Å²) in [6.07, 6.45) is 0. The molecule has 0 atom stereocenters. The highest BCUT2D eigenvalue weighted by molar-refractivity contribution is 9.10. The van der Waals surface area contributed by atoms with Crippen LogP contribution >= 0.6 is 27.5 Å². The van der Waals surface area contributed by atoms with Crippen LogP contribution in [-0.2, 0) is 0 Å². The van der Waals surface area contributed by atoms with Crippen molar-refractivity contribution in [1.29, 1.82) is 0 Å². The fourth-order valence-electron chi connectivity index (χ4n) is 1.30. The molecule has 0 spiro atoms. The summed E-state index contributed by atoms with van der Waals surface area (Å²) in [5.74, 6) is 0.413. The number of hydrogen-bond donors (Lipinski definition) is 1. The van der Waals surface area contributed by atoms with Crippen molar-refractivity contribution in [1.82, 2.24) is 9.97 Å². The molecule has 3 nitrogen and oxygen atoms in total. The summed E-state index contributed by atoms with van der Waals surface area (Å²) in [7, 11) is 0. The molecule has 72 valence electrons. The lowest BCUT2D eigenvalue weighted by molar-refractivity contribution is 1.21. The molecule has 5 heteroatoms. The topological polar surface area (TPSA) is 51.8 Å². The van der Waals surface area contributed by atoms with Gasteiger partial charge in [0.15, 0.2) is 0 Å². The van der Waals surface area contributed by atoms with Gasteiger partial charge in [0.05, 0.1) is 5.52 Å². The maximum Gasteiger partial charge on any atom is 0.224 e. The van der Waals surface area contributed by atoms with Crippen molar-refractivity contribution in [3.8, 4) is 0 Å². The van der Waals surface area contributed by atoms with Gasteiger partial charge in [0.2, 0.25) is 5.28 Å². The number of fused-ring (bicyclic) bond motifs is 1. The monoisotopic (exact) mass is 271 g/mol. The Kier molecular flexibility index (Phi) is 2.33. The van der Waals surface area contributed by atoms with Gasteiger partial charge in [0.1, 0.15) is 5.82 Å². The highest BCUT2D eigenvalue weighted by Gasteiger charge is 2.07. The number of aromatic nitrogens is 2. The van der Waals surface area contributed by atoms with Gasteiger partial charge in [-0.2, -0.15) is 0 Å². The third-order valence-corrected chi connectivity index (χ3v) is 3.09. The van der Waals surface area contributed by atoms with E-state index in [1.165, 1.54) is 0 Å². The first kappa shape index (κ1) is 9.68. The van der Waals surface area contributed by atoms with E-state index in [0.717, 1.165) is 20.9 Å². The van der Waals surface area contributed by atoms with Crippen molar-refractivity contribution < 1.29 is 0 Å². The first-order chi connectivity index (χ1) is 6.59. The highest BCUT2D eigenvalue weighted by atomic mass is 79.9. The molecule has 1 heterocycles. The summed E-state index contributed by atoms with van der Waals surface area (Å²) >= 11 is 9.15. The highest BCUT2D eigenvalue weighted by Crippen LogP contribution is 2.27. The Morgan fingerprint density at radius 3 is 2.79 bits per heavy atom. The molecule has 0 radical (unpaired) electrons. The molecule has 0 aliphatic carbocycles. The molecule has 0 saturated heterocycles. The van der Waals surface area contributed by atoms with Crippen LogP contribution in [0.1, 0.15) is 5.56 Å². The van der Waals surface area contributed by atoms with Gasteiger partial charge >= 0.3 is 0 Å². The molecular formula is C9H7BrClN3. The second-order valence-electron chi connectivity index (χ2n) is 2.95. The van der Waals surface area contributed by atoms with Crippen LogP contribution in [0.3, 0.4) is 0 Å². The normalized spacial score (nSPS) is 10.8. The smallest absolute Gasteiger partial charge is 0.224 e. The van der Waals surface area contributed by atoms with Crippen LogP contribution in [0.4, 0.5) is 5.82 Å². The van der Waals surface area contributed by atoms with E-state index in [2.05, 4.69) is 25.9 Å². The lowest BCUT2D eigenvalue weighted by Gasteiger charge is -2.05. The molecule has 0 aliphatic heterocycles. The van der Waals surface area contributed by atoms with Gasteiger partial charge in [0.25, 0.3) is 0 Å². The van der Waals surface area contributed by atoms with Gasteiger partial charge < -0.3 is 5.73 Å². The molecule has 1 aromatic heterocycles. The molecule has 0 fully saturated rings. The van der Waals surface area contributed by atoms with E-state index in [9.17, 15) is 0 Å². The number of benzene rings is 1. The summed E-state index contributed by atoms with van der Waals surface area (Å²) in [5.41, 5.74) is 7.53. The third-order valence-electron chi connectivity index (χ3n) is 2.06. The lowest BCUT2D eigenvalue weighted by Crippen LogP contribution is -1.96. The van der Waals surface area contributed by atoms with E-state index < -0.39 is 0 Å². The van der Waals surface area contributed by atoms with Crippen molar-refractivity contribution >= 4 is 44.3 Å². The molecule has 2 aromatic rings. The van der Waals surface area contributed by atoms with Crippen LogP contribution in [-0.4, -0.2) is 9.97 Å². The SMILES string of the molecule is Cc1c(Br)ccc2c(N)nc(Cl)nc12. The number of rotatable bonds is 0. The summed E-state index contributed by atoms with van der Waals surface area (Å²) < 4.78 is 0.985. The van der Waals surface area contributed by atoms with Crippen molar-refractivity contribution in [2.24, 2.45) is 0 Å². The molecule has 0 bridgehead atoms. The Hall–Kier alpha value is -0.870. The molecular weight excluding hydrogens is 265 g/mol. The predicted molar refractivity (Wildman–Crippen MR) is 61.4 cm³/mol. The van der Waals surface area contributed by atoms with Crippen LogP contribution in [0.2, 0.25) is 5.28 Å². The maximum atomic E-state index is 5.73. The fraction of sp³-hybridized carbons (Fsp3) is 0.111. The second-order valence-corrected chi connectivity index (χ2v) is 4.14. The Morgan fingerprint density at radius 1 is 1.36 bits per heavy atom. The van der Waals surface area contributed by atoms with Crippen LogP contribution in [0.25, 0.3) is 10.9 Å². The lowest BCUT2D eigenvalue weighted by atomic mass is 10.1. The number of halogens is 2. The number of aryl methyl sites for hydroxylation is 1. The molecule has 0 unspecified atom stereocenters. The van der Waals surface area contributed by atoms with Gasteiger partial charge in [-0.1, -0.05) is 15.9 Å². The predicted octanol–water partition coefficient (Wildman–Crippen LogP) is 2.94. The average Bonchev–Trinajstić information content (AvgIpc) is 2.12. The first-order valence-electron chi connectivity index (χ1n) is 3.97. The van der Waals surface area contributed by atoms with Gasteiger partial charge in [-0.3, -0.25) is 0 Å². The first-order valence-corrected chi connectivity index (χ1v) is 5.14. The van der Waals surface area contributed by atoms with E-state index in [1.54, 1.807) is 0 Å². The zero-order valence-corrected chi connectivity index (χ0v) is 9.72. The van der Waals surface area contributed by atoms with Gasteiger partial charge in [-0.15, -0.1) is 0 Å². The van der Waals surface area contributed by atoms with Crippen molar-refractivity contribution in [2.45, 2.75) is 6.92 Å². The Balaban J connectivity index is 2.95. The Bertz CT molecular complexity index is 513. The van der Waals surface area contributed by atoms with Crippen molar-refractivity contribution in [2.75, 3.05) is 5.73 Å². The van der Waals surface area contributed by atoms with E-state index in [0.29, 0.717) is 5.82 Å². The van der Waals surface area contributed by atoms with Crippen LogP contribution in [0, 0.1) is 6.92 Å². The average molecular weight is 273 g/mol. The standard InChI is InChI=1S/C9H7BrClN3/c1-4-6(10)3-2-5-7(4)13-9(11)14-8(5)12/h2-3H,1H3,(H2,12,13,14). The van der Waals surface area contributed by atoms with E-state index in [-0.39, 0.29) is 5.28 Å². The zero-order chi connectivity index (χ0) is 10.3. The molecule has 14 heavy (non-hydrogen) atoms. The Morgan fingerprint density at radius 2 is 2.07 bits per heavy atom. The minimum Gasteiger partial charge on any atom is -0.383 e. The zero-order valence-electron chi connectivity index (χ0n) is 7.38. The van der Waals surface area contributed by atoms with E-state index in [1.807, 2.05) is 19.1 Å². The van der Waals surface area contributed by atoms with Crippen molar-refractivity contribution in [3.05, 3.63) is 27.5 Å². The van der Waals surface area contributed by atoms with Crippen LogP contribution < -0.4 is 5.73 Å². The van der Waals surface area contributed by atoms with E-state index in [4.69, 9.17) is 17.3 Å². The summed E-state index contributed by atoms with van der Waals surface area (Å²) in [6, 6.07) is 3.80. The maximum absolute atomic E-state index is 5.73. The minimum atomic E-state index is 0.177. The molecule has 0 saturated carbocycles. The van der Waals surface area contributed by atoms with Gasteiger partial charge in [-0.25, -0.2) is 9.97 Å². The van der Waals surface area contributed by atoms with E-state index >= 15 is 0 Å². The molecule has 2 rings (SSSR count). The van der Waals surface area contributed by atoms with Gasteiger partial charge in [-0.05, 0) is 36.2 Å². The number of nitrogens with zero attached hydrogens (tertiary/aromatic N) is 2. The molecule has 0 aliphatic rings.